The Morgan fingerprint density at radius 3 is 2.86 bits per heavy atom. The number of benzene rings is 1. The monoisotopic (exact) mass is 305 g/mol. The van der Waals surface area contributed by atoms with E-state index in [1.54, 1.807) is 0 Å². The maximum atomic E-state index is 11.8. The number of carbonyl (C=O) groups excluding carboxylic acids is 2. The van der Waals surface area contributed by atoms with Gasteiger partial charge in [0, 0.05) is 0 Å². The zero-order chi connectivity index (χ0) is 15.5. The number of carbonyl (C=O) groups is 2. The Kier molecular flexibility index (Phi) is 3.97. The van der Waals surface area contributed by atoms with Crippen LogP contribution in [0.2, 0.25) is 0 Å². The van der Waals surface area contributed by atoms with Crippen LogP contribution >= 0.6 is 0 Å². The number of β-lactam (4-membered cyclic amide) rings is 1. The molecule has 22 heavy (non-hydrogen) atoms. The fourth-order valence-corrected chi connectivity index (χ4v) is 2.33. The Labute approximate surface area is 126 Å². The highest BCUT2D eigenvalue weighted by molar-refractivity contribution is 5.84. The summed E-state index contributed by atoms with van der Waals surface area (Å²) in [4.78, 5) is 24.6. The molecule has 2 saturated heterocycles. The van der Waals surface area contributed by atoms with E-state index in [0.29, 0.717) is 0 Å². The predicted octanol–water partition coefficient (Wildman–Crippen LogP) is 1.13. The zero-order valence-electron chi connectivity index (χ0n) is 11.7. The number of amides is 1. The number of rotatable bonds is 4. The Bertz CT molecular complexity index is 599. The SMILES string of the molecule is O=C(OCc1ccccc1)O[C@@H]1/C(=C/CO)O[C@@H]2CC(=O)N12. The summed E-state index contributed by atoms with van der Waals surface area (Å²) in [5, 5.41) is 8.96. The van der Waals surface area contributed by atoms with E-state index in [2.05, 4.69) is 0 Å². The first-order valence-electron chi connectivity index (χ1n) is 6.85. The van der Waals surface area contributed by atoms with Crippen LogP contribution in [-0.4, -0.2) is 41.1 Å². The van der Waals surface area contributed by atoms with Crippen LogP contribution in [0.1, 0.15) is 12.0 Å². The zero-order valence-corrected chi connectivity index (χ0v) is 11.7. The van der Waals surface area contributed by atoms with Gasteiger partial charge in [-0.05, 0) is 11.6 Å². The van der Waals surface area contributed by atoms with Crippen LogP contribution in [0.25, 0.3) is 0 Å². The molecule has 2 fully saturated rings. The van der Waals surface area contributed by atoms with Gasteiger partial charge >= 0.3 is 6.16 Å². The van der Waals surface area contributed by atoms with Crippen LogP contribution in [0.5, 0.6) is 0 Å². The number of hydrogen-bond acceptors (Lipinski definition) is 6. The fraction of sp³-hybridized carbons (Fsp3) is 0.333. The molecule has 2 heterocycles. The van der Waals surface area contributed by atoms with Crippen molar-refractivity contribution in [2.24, 2.45) is 0 Å². The molecule has 1 amide bonds. The van der Waals surface area contributed by atoms with Gasteiger partial charge in [-0.15, -0.1) is 0 Å². The van der Waals surface area contributed by atoms with Gasteiger partial charge in [0.25, 0.3) is 0 Å². The van der Waals surface area contributed by atoms with Crippen molar-refractivity contribution in [3.8, 4) is 0 Å². The average molecular weight is 305 g/mol. The molecule has 0 unspecified atom stereocenters. The van der Waals surface area contributed by atoms with Gasteiger partial charge in [-0.1, -0.05) is 30.3 Å². The number of ether oxygens (including phenoxy) is 3. The van der Waals surface area contributed by atoms with Crippen molar-refractivity contribution in [3.63, 3.8) is 0 Å². The minimum Gasteiger partial charge on any atom is -0.468 e. The summed E-state index contributed by atoms with van der Waals surface area (Å²) in [6.45, 7) is -0.202. The molecule has 0 bridgehead atoms. The predicted molar refractivity (Wildman–Crippen MR) is 73.0 cm³/mol. The van der Waals surface area contributed by atoms with Crippen LogP contribution in [0.15, 0.2) is 42.2 Å². The van der Waals surface area contributed by atoms with E-state index in [1.807, 2.05) is 30.3 Å². The standard InChI is InChI=1S/C15H15NO6/c17-7-6-11-14(16-12(18)8-13(16)21-11)22-15(19)20-9-10-4-2-1-3-5-10/h1-6,13-14,17H,7-9H2/b11-6-/t13-,14-/m1/s1. The highest BCUT2D eigenvalue weighted by atomic mass is 16.7. The van der Waals surface area contributed by atoms with Crippen molar-refractivity contribution in [3.05, 3.63) is 47.7 Å². The largest absolute Gasteiger partial charge is 0.510 e. The molecule has 3 rings (SSSR count). The lowest BCUT2D eigenvalue weighted by atomic mass is 10.2. The minimum atomic E-state index is -0.971. The summed E-state index contributed by atoms with van der Waals surface area (Å²) in [6.07, 6.45) is -0.705. The van der Waals surface area contributed by atoms with Gasteiger partial charge in [-0.2, -0.15) is 0 Å². The van der Waals surface area contributed by atoms with Crippen LogP contribution in [0, 0.1) is 0 Å². The molecule has 1 aromatic rings. The molecule has 0 spiro atoms. The van der Waals surface area contributed by atoms with Gasteiger partial charge in [-0.25, -0.2) is 4.79 Å². The molecule has 2 atom stereocenters. The van der Waals surface area contributed by atoms with Crippen LogP contribution in [0.3, 0.4) is 0 Å². The topological polar surface area (TPSA) is 85.3 Å². The van der Waals surface area contributed by atoms with Crippen molar-refractivity contribution < 1.29 is 28.9 Å². The highest BCUT2D eigenvalue weighted by Gasteiger charge is 2.52. The second kappa shape index (κ2) is 6.07. The van der Waals surface area contributed by atoms with Gasteiger partial charge in [0.15, 0.2) is 12.0 Å². The average Bonchev–Trinajstić information content (AvgIpc) is 2.78. The quantitative estimate of drug-likeness (QED) is 0.663. The number of aliphatic hydroxyl groups excluding tert-OH is 1. The summed E-state index contributed by atoms with van der Waals surface area (Å²) in [5.41, 5.74) is 0.825. The van der Waals surface area contributed by atoms with Gasteiger partial charge in [-0.3, -0.25) is 9.69 Å². The lowest BCUT2D eigenvalue weighted by Crippen LogP contribution is -2.53. The van der Waals surface area contributed by atoms with E-state index in [9.17, 15) is 9.59 Å². The van der Waals surface area contributed by atoms with E-state index < -0.39 is 18.6 Å². The molecule has 1 aromatic carbocycles. The third-order valence-electron chi connectivity index (χ3n) is 3.42. The third-order valence-corrected chi connectivity index (χ3v) is 3.42. The van der Waals surface area contributed by atoms with Gasteiger partial charge < -0.3 is 19.3 Å². The molecule has 2 aliphatic heterocycles. The molecule has 0 aliphatic carbocycles. The smallest absolute Gasteiger partial charge is 0.468 e. The van der Waals surface area contributed by atoms with Crippen molar-refractivity contribution in [2.45, 2.75) is 25.5 Å². The van der Waals surface area contributed by atoms with E-state index in [4.69, 9.17) is 19.3 Å². The lowest BCUT2D eigenvalue weighted by Gasteiger charge is -2.33. The molecule has 2 aliphatic rings. The van der Waals surface area contributed by atoms with E-state index in [-0.39, 0.29) is 31.3 Å². The third kappa shape index (κ3) is 2.75. The van der Waals surface area contributed by atoms with Crippen LogP contribution in [-0.2, 0) is 25.6 Å². The Morgan fingerprint density at radius 2 is 2.18 bits per heavy atom. The molecule has 7 heteroatoms. The summed E-state index contributed by atoms with van der Waals surface area (Å²) in [7, 11) is 0. The second-order valence-corrected chi connectivity index (χ2v) is 4.86. The second-order valence-electron chi connectivity index (χ2n) is 4.86. The molecule has 1 N–H and O–H groups in total. The molecular weight excluding hydrogens is 290 g/mol. The van der Waals surface area contributed by atoms with Gasteiger partial charge in [0.05, 0.1) is 13.0 Å². The summed E-state index contributed by atoms with van der Waals surface area (Å²) in [6, 6.07) is 9.16. The van der Waals surface area contributed by atoms with Crippen molar-refractivity contribution in [1.29, 1.82) is 0 Å². The summed E-state index contributed by atoms with van der Waals surface area (Å²) >= 11 is 0. The normalized spacial score (nSPS) is 24.5. The number of aliphatic hydroxyl groups is 1. The minimum absolute atomic E-state index is 0.0731. The van der Waals surface area contributed by atoms with Crippen LogP contribution in [0.4, 0.5) is 4.79 Å². The summed E-state index contributed by atoms with van der Waals surface area (Å²) in [5.74, 6) is 0.0715. The molecule has 7 nitrogen and oxygen atoms in total. The van der Waals surface area contributed by atoms with E-state index in [1.165, 1.54) is 11.0 Å². The molecule has 116 valence electrons. The Hall–Kier alpha value is -2.54. The number of fused-ring (bicyclic) bond motifs is 1. The number of hydrogen-bond donors (Lipinski definition) is 1. The van der Waals surface area contributed by atoms with Crippen molar-refractivity contribution in [1.82, 2.24) is 4.90 Å². The van der Waals surface area contributed by atoms with Crippen molar-refractivity contribution >= 4 is 12.1 Å². The van der Waals surface area contributed by atoms with Crippen LogP contribution < -0.4 is 0 Å². The van der Waals surface area contributed by atoms with E-state index in [0.717, 1.165) is 5.56 Å². The Morgan fingerprint density at radius 1 is 1.41 bits per heavy atom. The first-order chi connectivity index (χ1) is 10.7. The molecular formula is C15H15NO6. The molecule has 0 aromatic heterocycles. The van der Waals surface area contributed by atoms with E-state index >= 15 is 0 Å². The summed E-state index contributed by atoms with van der Waals surface area (Å²) < 4.78 is 15.6. The fourth-order valence-electron chi connectivity index (χ4n) is 2.33. The first kappa shape index (κ1) is 14.4. The number of nitrogens with zero attached hydrogens (tertiary/aromatic N) is 1. The maximum absolute atomic E-state index is 11.8. The Balaban J connectivity index is 1.59. The lowest BCUT2D eigenvalue weighted by molar-refractivity contribution is -0.165. The molecule has 0 saturated carbocycles. The highest BCUT2D eigenvalue weighted by Crippen LogP contribution is 2.36. The van der Waals surface area contributed by atoms with Gasteiger partial charge in [0.2, 0.25) is 12.1 Å². The van der Waals surface area contributed by atoms with Crippen molar-refractivity contribution in [2.75, 3.05) is 6.61 Å². The first-order valence-corrected chi connectivity index (χ1v) is 6.85. The molecule has 0 radical (unpaired) electrons. The maximum Gasteiger partial charge on any atom is 0.510 e. The van der Waals surface area contributed by atoms with Gasteiger partial charge in [0.1, 0.15) is 6.61 Å².